The van der Waals surface area contributed by atoms with E-state index >= 15 is 0 Å². The monoisotopic (exact) mass is 709 g/mol. The quantitative estimate of drug-likeness (QED) is 0.117. The summed E-state index contributed by atoms with van der Waals surface area (Å²) in [6, 6.07) is 48.2. The molecule has 0 saturated carbocycles. The van der Waals surface area contributed by atoms with Gasteiger partial charge in [-0.15, -0.1) is 0 Å². The van der Waals surface area contributed by atoms with Gasteiger partial charge in [0, 0.05) is 44.4 Å². The normalized spacial score (nSPS) is 12.1. The number of fused-ring (bicyclic) bond motifs is 8. The van der Waals surface area contributed by atoms with Crippen LogP contribution in [0.3, 0.4) is 0 Å². The summed E-state index contributed by atoms with van der Waals surface area (Å²) in [6.07, 6.45) is 9.49. The summed E-state index contributed by atoms with van der Waals surface area (Å²) in [4.78, 5) is 30.4. The van der Waals surface area contributed by atoms with Crippen molar-refractivity contribution >= 4 is 58.4 Å². The molecular formula is C48H31N5O2. The summed E-state index contributed by atoms with van der Waals surface area (Å²) in [5.74, 6) is -1.31. The number of aliphatic carboxylic acids is 1. The average Bonchev–Trinajstić information content (AvgIpc) is 4.06. The topological polar surface area (TPSA) is 118 Å². The number of aromatic nitrogens is 4. The van der Waals surface area contributed by atoms with Crippen LogP contribution in [0.2, 0.25) is 0 Å². The number of carboxylic acid groups (broad SMARTS) is 1. The third-order valence-electron chi connectivity index (χ3n) is 9.80. The molecule has 260 valence electrons. The summed E-state index contributed by atoms with van der Waals surface area (Å²) in [6.45, 7) is 0. The largest absolute Gasteiger partial charge is 0.477 e. The number of aromatic amines is 2. The van der Waals surface area contributed by atoms with Crippen molar-refractivity contribution in [3.05, 3.63) is 173 Å². The first-order valence-electron chi connectivity index (χ1n) is 17.8. The van der Waals surface area contributed by atoms with Crippen molar-refractivity contribution in [2.45, 2.75) is 0 Å². The highest BCUT2D eigenvalue weighted by Gasteiger charge is 2.21. The van der Waals surface area contributed by atoms with Gasteiger partial charge in [-0.25, -0.2) is 14.8 Å². The smallest absolute Gasteiger partial charge is 0.346 e. The summed E-state index contributed by atoms with van der Waals surface area (Å²) in [5, 5.41) is 20.0. The van der Waals surface area contributed by atoms with Crippen LogP contribution < -0.4 is 0 Å². The Balaban J connectivity index is 1.54. The number of benzene rings is 4. The van der Waals surface area contributed by atoms with Crippen LogP contribution in [0.5, 0.6) is 0 Å². The van der Waals surface area contributed by atoms with Gasteiger partial charge in [0.05, 0.1) is 28.3 Å². The molecule has 9 rings (SSSR count). The van der Waals surface area contributed by atoms with E-state index in [1.165, 1.54) is 6.08 Å². The molecule has 7 heteroatoms. The van der Waals surface area contributed by atoms with Crippen molar-refractivity contribution < 1.29 is 9.90 Å². The lowest BCUT2D eigenvalue weighted by atomic mass is 10.0. The van der Waals surface area contributed by atoms with Crippen molar-refractivity contribution in [1.29, 1.82) is 5.26 Å². The average molecular weight is 710 g/mol. The first-order chi connectivity index (χ1) is 27.1. The number of hydrogen-bond acceptors (Lipinski definition) is 4. The molecule has 3 N–H and O–H groups in total. The Hall–Kier alpha value is -7.82. The molecule has 0 spiro atoms. The predicted molar refractivity (Wildman–Crippen MR) is 222 cm³/mol. The molecule has 0 saturated heterocycles. The molecule has 2 aliphatic rings. The van der Waals surface area contributed by atoms with Crippen LogP contribution in [0.25, 0.3) is 97.0 Å². The molecule has 0 amide bonds. The van der Waals surface area contributed by atoms with Crippen LogP contribution in [0, 0.1) is 11.3 Å². The molecule has 0 fully saturated rings. The second-order valence-electron chi connectivity index (χ2n) is 13.2. The zero-order valence-electron chi connectivity index (χ0n) is 29.4. The number of hydrogen-bond donors (Lipinski definition) is 3. The van der Waals surface area contributed by atoms with Crippen LogP contribution in [0.1, 0.15) is 28.3 Å². The molecule has 0 atom stereocenters. The van der Waals surface area contributed by atoms with Crippen molar-refractivity contribution in [3.63, 3.8) is 0 Å². The molecule has 0 unspecified atom stereocenters. The van der Waals surface area contributed by atoms with E-state index in [-0.39, 0.29) is 5.57 Å². The van der Waals surface area contributed by atoms with Gasteiger partial charge < -0.3 is 15.1 Å². The lowest BCUT2D eigenvalue weighted by molar-refractivity contribution is -0.132. The van der Waals surface area contributed by atoms with Crippen LogP contribution >= 0.6 is 0 Å². The number of carboxylic acids is 1. The Kier molecular flexibility index (Phi) is 8.39. The zero-order valence-corrected chi connectivity index (χ0v) is 29.4. The fourth-order valence-electron chi connectivity index (χ4n) is 7.35. The van der Waals surface area contributed by atoms with Crippen LogP contribution in [-0.2, 0) is 4.79 Å². The molecule has 2 aliphatic heterocycles. The van der Waals surface area contributed by atoms with Gasteiger partial charge >= 0.3 is 5.97 Å². The van der Waals surface area contributed by atoms with Crippen molar-refractivity contribution in [1.82, 2.24) is 19.9 Å². The lowest BCUT2D eigenvalue weighted by Crippen LogP contribution is -1.97. The Morgan fingerprint density at radius 1 is 0.527 bits per heavy atom. The minimum atomic E-state index is -1.31. The minimum Gasteiger partial charge on any atom is -0.477 e. The second-order valence-corrected chi connectivity index (χ2v) is 13.2. The molecule has 0 aliphatic carbocycles. The highest BCUT2D eigenvalue weighted by Crippen LogP contribution is 2.39. The Bertz CT molecular complexity index is 2930. The van der Waals surface area contributed by atoms with Crippen LogP contribution in [0.15, 0.2) is 145 Å². The number of nitriles is 1. The number of carbonyl (C=O) groups is 1. The standard InChI is InChI=1S/C48H31N5O2/c49-29-35(48(54)55)27-34-28-42-45(32-17-9-3-10-18-32)40-24-23-38(51-40)43(30-13-5-1-6-14-30)36-21-22-37(50-36)44(31-15-7-2-8-16-31)39-25-26-41(52-39)46(47(34)53-42)33-19-11-4-12-20-33/h1-28,50,53H,(H,54,55)/b35-27+,43-36?,43-38?,44-37?,44-39?,45-40?,45-42?,46-41?,47-46?. The van der Waals surface area contributed by atoms with Crippen molar-refractivity contribution in [3.8, 4) is 50.6 Å². The highest BCUT2D eigenvalue weighted by atomic mass is 16.4. The number of H-pyrrole nitrogens is 2. The van der Waals surface area contributed by atoms with Gasteiger partial charge in [0.25, 0.3) is 0 Å². The van der Waals surface area contributed by atoms with E-state index in [0.29, 0.717) is 22.3 Å². The molecule has 8 bridgehead atoms. The van der Waals surface area contributed by atoms with E-state index in [1.54, 1.807) is 0 Å². The van der Waals surface area contributed by atoms with Gasteiger partial charge in [-0.2, -0.15) is 5.26 Å². The first kappa shape index (κ1) is 33.0. The van der Waals surface area contributed by atoms with E-state index in [0.717, 1.165) is 72.6 Å². The van der Waals surface area contributed by atoms with E-state index < -0.39 is 5.97 Å². The van der Waals surface area contributed by atoms with Gasteiger partial charge in [-0.3, -0.25) is 0 Å². The molecule has 55 heavy (non-hydrogen) atoms. The maximum absolute atomic E-state index is 12.3. The maximum Gasteiger partial charge on any atom is 0.346 e. The maximum atomic E-state index is 12.3. The molecule has 7 nitrogen and oxygen atoms in total. The minimum absolute atomic E-state index is 0.389. The van der Waals surface area contributed by atoms with Gasteiger partial charge in [-0.1, -0.05) is 121 Å². The van der Waals surface area contributed by atoms with E-state index in [4.69, 9.17) is 9.97 Å². The zero-order chi connectivity index (χ0) is 37.3. The fourth-order valence-corrected chi connectivity index (χ4v) is 7.35. The first-order valence-corrected chi connectivity index (χ1v) is 17.8. The molecule has 4 aromatic carbocycles. The van der Waals surface area contributed by atoms with E-state index in [1.807, 2.05) is 134 Å². The van der Waals surface area contributed by atoms with Crippen LogP contribution in [-0.4, -0.2) is 31.0 Å². The number of rotatable bonds is 6. The van der Waals surface area contributed by atoms with Crippen LogP contribution in [0.4, 0.5) is 0 Å². The number of nitrogens with one attached hydrogen (secondary N) is 2. The number of nitrogens with zero attached hydrogens (tertiary/aromatic N) is 3. The Morgan fingerprint density at radius 2 is 0.909 bits per heavy atom. The van der Waals surface area contributed by atoms with Gasteiger partial charge in [0.2, 0.25) is 0 Å². The molecule has 3 aromatic heterocycles. The van der Waals surface area contributed by atoms with E-state index in [2.05, 4.69) is 46.4 Å². The fraction of sp³-hybridized carbons (Fsp3) is 0. The van der Waals surface area contributed by atoms with Crippen molar-refractivity contribution in [2.75, 3.05) is 0 Å². The van der Waals surface area contributed by atoms with Crippen molar-refractivity contribution in [2.24, 2.45) is 0 Å². The van der Waals surface area contributed by atoms with E-state index in [9.17, 15) is 15.2 Å². The third kappa shape index (κ3) is 6.14. The van der Waals surface area contributed by atoms with Gasteiger partial charge in [-0.05, 0) is 70.8 Å². The third-order valence-corrected chi connectivity index (χ3v) is 9.80. The second kappa shape index (κ2) is 14.0. The summed E-state index contributed by atoms with van der Waals surface area (Å²) >= 11 is 0. The molecule has 7 aromatic rings. The Labute approximate surface area is 316 Å². The SMILES string of the molecule is N#C/C(=C\c1cc2[nH]c1c(-c1ccccc1)c1nc(c(-c3ccccc3)c3ccc([nH]3)c(-c3ccccc3)c3nc(c2-c2ccccc2)C=C3)C=C1)C(=O)O. The van der Waals surface area contributed by atoms with Gasteiger partial charge in [0.15, 0.2) is 0 Å². The molecule has 5 heterocycles. The summed E-state index contributed by atoms with van der Waals surface area (Å²) in [7, 11) is 0. The molecular weight excluding hydrogens is 679 g/mol. The Morgan fingerprint density at radius 3 is 1.31 bits per heavy atom. The van der Waals surface area contributed by atoms with Gasteiger partial charge in [0.1, 0.15) is 11.6 Å². The lowest BCUT2D eigenvalue weighted by Gasteiger charge is -2.07. The highest BCUT2D eigenvalue weighted by molar-refractivity contribution is 6.04. The summed E-state index contributed by atoms with van der Waals surface area (Å²) < 4.78 is 0. The summed E-state index contributed by atoms with van der Waals surface area (Å²) in [5.41, 5.74) is 13.4. The molecule has 0 radical (unpaired) electrons. The predicted octanol–water partition coefficient (Wildman–Crippen LogP) is 11.3.